The van der Waals surface area contributed by atoms with Gasteiger partial charge >= 0.3 is 12.1 Å². The average Bonchev–Trinajstić information content (AvgIpc) is 3.32. The van der Waals surface area contributed by atoms with E-state index < -0.39 is 30.5 Å². The smallest absolute Gasteiger partial charge is 0.383 e. The van der Waals surface area contributed by atoms with Gasteiger partial charge in [0.05, 0.1) is 11.1 Å². The summed E-state index contributed by atoms with van der Waals surface area (Å²) in [6.45, 7) is 0.933. The first kappa shape index (κ1) is 24.9. The quantitative estimate of drug-likeness (QED) is 0.325. The largest absolute Gasteiger partial charge is 0.453 e. The van der Waals surface area contributed by atoms with Crippen LogP contribution in [0.5, 0.6) is 0 Å². The highest BCUT2D eigenvalue weighted by Gasteiger charge is 2.56. The summed E-state index contributed by atoms with van der Waals surface area (Å²) >= 11 is 6.05. The monoisotopic (exact) mass is 536 g/mol. The fourth-order valence-electron chi connectivity index (χ4n) is 4.43. The molecule has 1 unspecified atom stereocenters. The highest BCUT2D eigenvalue weighted by atomic mass is 35.5. The fraction of sp³-hybridized carbons (Fsp3) is 0.250. The second-order valence-corrected chi connectivity index (χ2v) is 9.22. The Morgan fingerprint density at radius 2 is 1.78 bits per heavy atom. The van der Waals surface area contributed by atoms with Crippen LogP contribution in [0.15, 0.2) is 48.5 Å². The molecular formula is C24H18ClF5N6O. The van der Waals surface area contributed by atoms with E-state index in [1.165, 1.54) is 18.2 Å². The van der Waals surface area contributed by atoms with Gasteiger partial charge in [0.25, 0.3) is 0 Å². The number of fused-ring (bicyclic) bond motifs is 2. The number of alkyl halides is 5. The molecule has 1 aliphatic rings. The van der Waals surface area contributed by atoms with Crippen molar-refractivity contribution in [1.29, 1.82) is 0 Å². The van der Waals surface area contributed by atoms with E-state index in [0.29, 0.717) is 16.5 Å². The predicted molar refractivity (Wildman–Crippen MR) is 127 cm³/mol. The summed E-state index contributed by atoms with van der Waals surface area (Å²) in [7, 11) is 0. The maximum Gasteiger partial charge on any atom is 0.453 e. The number of aromatic nitrogens is 4. The zero-order valence-corrected chi connectivity index (χ0v) is 19.8. The molecule has 5 rings (SSSR count). The summed E-state index contributed by atoms with van der Waals surface area (Å²) in [5, 5.41) is 7.52. The lowest BCUT2D eigenvalue weighted by Gasteiger charge is -2.23. The van der Waals surface area contributed by atoms with Gasteiger partial charge < -0.3 is 11.1 Å². The van der Waals surface area contributed by atoms with Gasteiger partial charge in [0.2, 0.25) is 5.91 Å². The number of benzene rings is 2. The average molecular weight is 537 g/mol. The summed E-state index contributed by atoms with van der Waals surface area (Å²) in [5.74, 6) is -5.18. The van der Waals surface area contributed by atoms with Crippen molar-refractivity contribution in [2.75, 3.05) is 11.1 Å². The zero-order valence-electron chi connectivity index (χ0n) is 19.1. The number of carbonyl (C=O) groups is 1. The highest BCUT2D eigenvalue weighted by molar-refractivity contribution is 6.31. The van der Waals surface area contributed by atoms with Gasteiger partial charge in [0.1, 0.15) is 22.7 Å². The number of aryl methyl sites for hydroxylation is 1. The van der Waals surface area contributed by atoms with Crippen LogP contribution in [0.3, 0.4) is 0 Å². The van der Waals surface area contributed by atoms with E-state index in [9.17, 15) is 26.7 Å². The van der Waals surface area contributed by atoms with Crippen LogP contribution >= 0.6 is 11.6 Å². The van der Waals surface area contributed by atoms with Crippen molar-refractivity contribution in [3.63, 3.8) is 0 Å². The SMILES string of the molecule is CC1(c2ccccc2)C(=O)Nc2nc(-c3nn(CCC(F)(F)C(F)(F)F)c4cc(Cl)ccc34)nc(N)c21. The van der Waals surface area contributed by atoms with Crippen LogP contribution in [0.4, 0.5) is 33.6 Å². The molecule has 0 saturated heterocycles. The van der Waals surface area contributed by atoms with E-state index in [0.717, 1.165) is 4.68 Å². The standard InChI is InChI=1S/C24H18ClF5N6O/c1-22(12-5-3-2-4-6-12)16-18(31)32-20(33-19(16)34-21(22)37)17-14-8-7-13(25)11-15(14)36(35-17)10-9-23(26,27)24(28,29)30/h2-8,11H,9-10H2,1H3,(H3,31,32,33,34,37). The first-order chi connectivity index (χ1) is 17.3. The molecule has 2 aromatic carbocycles. The van der Waals surface area contributed by atoms with Crippen molar-refractivity contribution in [2.24, 2.45) is 0 Å². The highest BCUT2D eigenvalue weighted by Crippen LogP contribution is 2.45. The van der Waals surface area contributed by atoms with E-state index in [4.69, 9.17) is 17.3 Å². The molecule has 13 heteroatoms. The fourth-order valence-corrected chi connectivity index (χ4v) is 4.60. The van der Waals surface area contributed by atoms with Crippen LogP contribution in [-0.2, 0) is 16.8 Å². The second-order valence-electron chi connectivity index (χ2n) is 8.79. The zero-order chi connectivity index (χ0) is 26.8. The summed E-state index contributed by atoms with van der Waals surface area (Å²) < 4.78 is 66.3. The van der Waals surface area contributed by atoms with E-state index in [-0.39, 0.29) is 39.6 Å². The third kappa shape index (κ3) is 3.95. The number of nitrogens with zero attached hydrogens (tertiary/aromatic N) is 4. The molecule has 3 N–H and O–H groups in total. The minimum Gasteiger partial charge on any atom is -0.383 e. The number of anilines is 2. The molecule has 0 bridgehead atoms. The Kier molecular flexibility index (Phi) is 5.63. The minimum absolute atomic E-state index is 0.00929. The summed E-state index contributed by atoms with van der Waals surface area (Å²) in [6, 6.07) is 13.3. The molecule has 3 heterocycles. The summed E-state index contributed by atoms with van der Waals surface area (Å²) in [5.41, 5.74) is 6.46. The molecule has 1 atom stereocenters. The normalized spacial score (nSPS) is 17.8. The topological polar surface area (TPSA) is 98.7 Å². The minimum atomic E-state index is -5.70. The Morgan fingerprint density at radius 3 is 2.46 bits per heavy atom. The molecule has 0 spiro atoms. The Hall–Kier alpha value is -3.80. The van der Waals surface area contributed by atoms with Gasteiger partial charge in [-0.05, 0) is 30.7 Å². The molecular weight excluding hydrogens is 519 g/mol. The van der Waals surface area contributed by atoms with Crippen LogP contribution < -0.4 is 11.1 Å². The van der Waals surface area contributed by atoms with Crippen LogP contribution in [0.2, 0.25) is 5.02 Å². The summed E-state index contributed by atoms with van der Waals surface area (Å²) in [6.07, 6.45) is -7.23. The molecule has 7 nitrogen and oxygen atoms in total. The number of amides is 1. The molecule has 0 aliphatic carbocycles. The van der Waals surface area contributed by atoms with Gasteiger partial charge in [0, 0.05) is 23.4 Å². The Labute approximate surface area is 211 Å². The molecule has 1 aliphatic heterocycles. The number of nitrogen functional groups attached to an aromatic ring is 1. The van der Waals surface area contributed by atoms with Gasteiger partial charge in [-0.3, -0.25) is 9.48 Å². The van der Waals surface area contributed by atoms with Crippen molar-refractivity contribution >= 4 is 40.0 Å². The van der Waals surface area contributed by atoms with Crippen LogP contribution in [0.1, 0.15) is 24.5 Å². The number of rotatable bonds is 5. The van der Waals surface area contributed by atoms with Gasteiger partial charge in [-0.2, -0.15) is 27.1 Å². The van der Waals surface area contributed by atoms with E-state index >= 15 is 0 Å². The summed E-state index contributed by atoms with van der Waals surface area (Å²) in [4.78, 5) is 21.8. The third-order valence-electron chi connectivity index (χ3n) is 6.45. The molecule has 37 heavy (non-hydrogen) atoms. The lowest BCUT2D eigenvalue weighted by molar-refractivity contribution is -0.285. The molecule has 192 valence electrons. The molecule has 2 aromatic heterocycles. The van der Waals surface area contributed by atoms with Gasteiger partial charge in [0.15, 0.2) is 5.82 Å². The third-order valence-corrected chi connectivity index (χ3v) is 6.69. The van der Waals surface area contributed by atoms with E-state index in [1.807, 2.05) is 6.07 Å². The van der Waals surface area contributed by atoms with Crippen LogP contribution in [-0.4, -0.2) is 37.8 Å². The van der Waals surface area contributed by atoms with Gasteiger partial charge in [-0.15, -0.1) is 0 Å². The van der Waals surface area contributed by atoms with Crippen LogP contribution in [0.25, 0.3) is 22.4 Å². The van der Waals surface area contributed by atoms with Crippen LogP contribution in [0, 0.1) is 0 Å². The van der Waals surface area contributed by atoms with Crippen molar-refractivity contribution < 1.29 is 26.7 Å². The van der Waals surface area contributed by atoms with E-state index in [2.05, 4.69) is 20.4 Å². The molecule has 4 aromatic rings. The first-order valence-corrected chi connectivity index (χ1v) is 11.4. The van der Waals surface area contributed by atoms with Crippen molar-refractivity contribution in [2.45, 2.75) is 37.4 Å². The lowest BCUT2D eigenvalue weighted by atomic mass is 9.78. The van der Waals surface area contributed by atoms with Crippen molar-refractivity contribution in [1.82, 2.24) is 19.7 Å². The van der Waals surface area contributed by atoms with Gasteiger partial charge in [-0.1, -0.05) is 41.9 Å². The van der Waals surface area contributed by atoms with Crippen molar-refractivity contribution in [3.8, 4) is 11.5 Å². The maximum atomic E-state index is 13.6. The first-order valence-electron chi connectivity index (χ1n) is 11.0. The number of halogens is 6. The molecule has 0 saturated carbocycles. The Balaban J connectivity index is 1.61. The molecule has 0 fully saturated rings. The second kappa shape index (κ2) is 8.37. The maximum absolute atomic E-state index is 13.6. The number of carbonyl (C=O) groups excluding carboxylic acids is 1. The molecule has 0 radical (unpaired) electrons. The number of nitrogens with two attached hydrogens (primary N) is 1. The predicted octanol–water partition coefficient (Wildman–Crippen LogP) is 5.57. The number of nitrogens with one attached hydrogen (secondary N) is 1. The number of hydrogen-bond acceptors (Lipinski definition) is 5. The molecule has 1 amide bonds. The van der Waals surface area contributed by atoms with Gasteiger partial charge in [-0.25, -0.2) is 9.97 Å². The van der Waals surface area contributed by atoms with Crippen molar-refractivity contribution in [3.05, 3.63) is 64.7 Å². The Bertz CT molecular complexity index is 1540. The lowest BCUT2D eigenvalue weighted by Crippen LogP contribution is -2.37. The van der Waals surface area contributed by atoms with E-state index in [1.54, 1.807) is 31.2 Å². The Morgan fingerprint density at radius 1 is 1.08 bits per heavy atom. The number of hydrogen-bond donors (Lipinski definition) is 2.